The van der Waals surface area contributed by atoms with Crippen molar-refractivity contribution in [2.75, 3.05) is 0 Å². The van der Waals surface area contributed by atoms with E-state index in [4.69, 9.17) is 10.1 Å². The molecule has 0 radical (unpaired) electrons. The molecule has 2 aliphatic carbocycles. The molecule has 0 saturated heterocycles. The number of aliphatic hydroxyl groups is 1. The molecule has 1 aromatic rings. The number of ether oxygens (including phenoxy) is 1. The predicted molar refractivity (Wildman–Crippen MR) is 94.8 cm³/mol. The van der Waals surface area contributed by atoms with Gasteiger partial charge in [0, 0.05) is 18.6 Å². The summed E-state index contributed by atoms with van der Waals surface area (Å²) < 4.78 is 7.46. The normalized spacial score (nSPS) is 32.7. The van der Waals surface area contributed by atoms with Crippen molar-refractivity contribution in [3.63, 3.8) is 0 Å². The molecular formula is C19H29N3O3. The summed E-state index contributed by atoms with van der Waals surface area (Å²) in [6, 6.07) is 0. The van der Waals surface area contributed by atoms with E-state index in [1.807, 2.05) is 0 Å². The first-order valence-corrected chi connectivity index (χ1v) is 9.42. The highest BCUT2D eigenvalue weighted by Crippen LogP contribution is 2.39. The van der Waals surface area contributed by atoms with Crippen molar-refractivity contribution in [1.29, 1.82) is 5.41 Å². The molecule has 138 valence electrons. The fraction of sp³-hybridized carbons (Fsp3) is 0.737. The number of imidazole rings is 1. The number of carbonyl (C=O) groups excluding carboxylic acids is 1. The minimum atomic E-state index is -1.24. The minimum absolute atomic E-state index is 0.0181. The largest absolute Gasteiger partial charge is 0.393 e. The lowest BCUT2D eigenvalue weighted by molar-refractivity contribution is -0.0523. The van der Waals surface area contributed by atoms with E-state index >= 15 is 0 Å². The maximum atomic E-state index is 12.6. The second-order valence-corrected chi connectivity index (χ2v) is 7.75. The molecule has 0 amide bonds. The third-order valence-corrected chi connectivity index (χ3v) is 5.98. The average molecular weight is 347 g/mol. The Balaban J connectivity index is 1.53. The van der Waals surface area contributed by atoms with Gasteiger partial charge in [-0.15, -0.1) is 0 Å². The van der Waals surface area contributed by atoms with Crippen LogP contribution < -0.4 is 0 Å². The maximum Gasteiger partial charge on any atom is 0.269 e. The lowest BCUT2D eigenvalue weighted by Gasteiger charge is -2.38. The van der Waals surface area contributed by atoms with Gasteiger partial charge in [-0.2, -0.15) is 0 Å². The summed E-state index contributed by atoms with van der Waals surface area (Å²) >= 11 is 0. The molecule has 6 nitrogen and oxygen atoms in total. The highest BCUT2D eigenvalue weighted by molar-refractivity contribution is 6.01. The molecule has 0 aromatic carbocycles. The summed E-state index contributed by atoms with van der Waals surface area (Å²) in [6.07, 6.45) is 13.8. The van der Waals surface area contributed by atoms with Crippen LogP contribution in [0.4, 0.5) is 0 Å². The van der Waals surface area contributed by atoms with Crippen LogP contribution in [0.15, 0.2) is 18.7 Å². The van der Waals surface area contributed by atoms with E-state index in [2.05, 4.69) is 4.98 Å². The van der Waals surface area contributed by atoms with Gasteiger partial charge in [-0.3, -0.25) is 9.36 Å². The predicted octanol–water partition coefficient (Wildman–Crippen LogP) is 3.06. The lowest BCUT2D eigenvalue weighted by atomic mass is 9.72. The van der Waals surface area contributed by atoms with Crippen molar-refractivity contribution in [3.05, 3.63) is 18.7 Å². The zero-order chi connectivity index (χ0) is 17.9. The molecule has 2 N–H and O–H groups in total. The summed E-state index contributed by atoms with van der Waals surface area (Å²) in [5.41, 5.74) is -1.24. The summed E-state index contributed by atoms with van der Waals surface area (Å²) in [4.78, 5) is 16.5. The van der Waals surface area contributed by atoms with E-state index in [1.165, 1.54) is 10.9 Å². The standard InChI is InChI=1S/C19H29N3O3/c1-19(12-20,18(24)22-11-10-21-13-22)25-17-8-4-15(5-9-17)14-2-6-16(23)7-3-14/h10-17,20,23H,2-9H2,1H3. The molecular weight excluding hydrogens is 318 g/mol. The van der Waals surface area contributed by atoms with Crippen molar-refractivity contribution in [2.45, 2.75) is 76.1 Å². The molecule has 1 heterocycles. The van der Waals surface area contributed by atoms with E-state index in [0.717, 1.165) is 63.5 Å². The fourth-order valence-corrected chi connectivity index (χ4v) is 4.38. The number of hydrogen-bond acceptors (Lipinski definition) is 5. The van der Waals surface area contributed by atoms with Crippen LogP contribution in [-0.4, -0.2) is 44.6 Å². The van der Waals surface area contributed by atoms with Crippen molar-refractivity contribution in [2.24, 2.45) is 11.8 Å². The minimum Gasteiger partial charge on any atom is -0.393 e. The third kappa shape index (κ3) is 4.18. The van der Waals surface area contributed by atoms with Gasteiger partial charge in [0.05, 0.1) is 12.2 Å². The highest BCUT2D eigenvalue weighted by Gasteiger charge is 2.38. The molecule has 0 bridgehead atoms. The van der Waals surface area contributed by atoms with E-state index in [9.17, 15) is 9.90 Å². The molecule has 1 atom stereocenters. The SMILES string of the molecule is CC(C=N)(OC1CCC(C2CCC(O)CC2)CC1)C(=O)n1ccnc1. The van der Waals surface area contributed by atoms with Crippen LogP contribution >= 0.6 is 0 Å². The Morgan fingerprint density at radius 1 is 1.20 bits per heavy atom. The van der Waals surface area contributed by atoms with Crippen LogP contribution in [0.1, 0.15) is 63.1 Å². The molecule has 1 unspecified atom stereocenters. The summed E-state index contributed by atoms with van der Waals surface area (Å²) in [7, 11) is 0. The number of aliphatic hydroxyl groups excluding tert-OH is 1. The summed E-state index contributed by atoms with van der Waals surface area (Å²) in [5.74, 6) is 1.16. The Kier molecular flexibility index (Phi) is 5.69. The van der Waals surface area contributed by atoms with Crippen molar-refractivity contribution in [3.8, 4) is 0 Å². The number of nitrogens with zero attached hydrogens (tertiary/aromatic N) is 2. The number of nitrogens with one attached hydrogen (secondary N) is 1. The van der Waals surface area contributed by atoms with Gasteiger partial charge in [0.2, 0.25) is 0 Å². The monoisotopic (exact) mass is 347 g/mol. The molecule has 1 aromatic heterocycles. The molecule has 3 rings (SSSR count). The fourth-order valence-electron chi connectivity index (χ4n) is 4.38. The Bertz CT molecular complexity index is 573. The highest BCUT2D eigenvalue weighted by atomic mass is 16.5. The average Bonchev–Trinajstić information content (AvgIpc) is 3.17. The quantitative estimate of drug-likeness (QED) is 0.801. The van der Waals surface area contributed by atoms with Gasteiger partial charge in [0.1, 0.15) is 6.33 Å². The molecule has 2 aliphatic rings. The molecule has 0 aliphatic heterocycles. The molecule has 6 heteroatoms. The zero-order valence-corrected chi connectivity index (χ0v) is 14.9. The van der Waals surface area contributed by atoms with Crippen LogP contribution in [0, 0.1) is 17.2 Å². The van der Waals surface area contributed by atoms with Crippen molar-refractivity contribution in [1.82, 2.24) is 9.55 Å². The summed E-state index contributed by atoms with van der Waals surface area (Å²) in [6.45, 7) is 1.66. The van der Waals surface area contributed by atoms with Gasteiger partial charge in [0.25, 0.3) is 5.91 Å². The molecule has 25 heavy (non-hydrogen) atoms. The van der Waals surface area contributed by atoms with Crippen LogP contribution in [0.25, 0.3) is 0 Å². The number of rotatable bonds is 5. The van der Waals surface area contributed by atoms with E-state index < -0.39 is 5.60 Å². The van der Waals surface area contributed by atoms with Gasteiger partial charge in [-0.05, 0) is 70.1 Å². The maximum absolute atomic E-state index is 12.6. The van der Waals surface area contributed by atoms with Gasteiger partial charge in [0.15, 0.2) is 5.60 Å². The number of carbonyl (C=O) groups is 1. The van der Waals surface area contributed by atoms with Gasteiger partial charge < -0.3 is 15.3 Å². The smallest absolute Gasteiger partial charge is 0.269 e. The van der Waals surface area contributed by atoms with Crippen LogP contribution in [0.5, 0.6) is 0 Å². The van der Waals surface area contributed by atoms with Crippen LogP contribution in [0.3, 0.4) is 0 Å². The van der Waals surface area contributed by atoms with Crippen molar-refractivity contribution < 1.29 is 14.6 Å². The Labute approximate surface area is 149 Å². The molecule has 2 fully saturated rings. The zero-order valence-electron chi connectivity index (χ0n) is 14.9. The van der Waals surface area contributed by atoms with Gasteiger partial charge in [-0.1, -0.05) is 0 Å². The lowest BCUT2D eigenvalue weighted by Crippen LogP contribution is -2.46. The van der Waals surface area contributed by atoms with Crippen LogP contribution in [-0.2, 0) is 4.74 Å². The second-order valence-electron chi connectivity index (χ2n) is 7.75. The second kappa shape index (κ2) is 7.79. The molecule has 0 spiro atoms. The Hall–Kier alpha value is -1.53. The van der Waals surface area contributed by atoms with Gasteiger partial charge >= 0.3 is 0 Å². The Morgan fingerprint density at radius 3 is 2.32 bits per heavy atom. The first kappa shape index (κ1) is 18.3. The van der Waals surface area contributed by atoms with Gasteiger partial charge in [-0.25, -0.2) is 4.98 Å². The van der Waals surface area contributed by atoms with E-state index in [1.54, 1.807) is 19.3 Å². The van der Waals surface area contributed by atoms with Crippen molar-refractivity contribution >= 4 is 12.1 Å². The van der Waals surface area contributed by atoms with E-state index in [-0.39, 0.29) is 18.1 Å². The van der Waals surface area contributed by atoms with E-state index in [0.29, 0.717) is 5.92 Å². The van der Waals surface area contributed by atoms with Crippen LogP contribution in [0.2, 0.25) is 0 Å². The number of aromatic nitrogens is 2. The third-order valence-electron chi connectivity index (χ3n) is 5.98. The topological polar surface area (TPSA) is 88.2 Å². The first-order valence-electron chi connectivity index (χ1n) is 9.42. The number of hydrogen-bond donors (Lipinski definition) is 2. The summed E-state index contributed by atoms with van der Waals surface area (Å²) in [5, 5.41) is 17.4. The Morgan fingerprint density at radius 2 is 1.80 bits per heavy atom. The first-order chi connectivity index (χ1) is 12.0. The molecule has 2 saturated carbocycles.